The Balaban J connectivity index is 1.49. The number of hydrogen-bond acceptors (Lipinski definition) is 6. The lowest BCUT2D eigenvalue weighted by Gasteiger charge is -2.35. The molecule has 2 amide bonds. The predicted octanol–water partition coefficient (Wildman–Crippen LogP) is 4.65. The van der Waals surface area contributed by atoms with Gasteiger partial charge in [-0.3, -0.25) is 19.3 Å². The summed E-state index contributed by atoms with van der Waals surface area (Å²) >= 11 is 0. The summed E-state index contributed by atoms with van der Waals surface area (Å²) in [7, 11) is 0. The number of aromatic hydroxyl groups is 1. The predicted molar refractivity (Wildman–Crippen MR) is 155 cm³/mol. The number of aliphatic carboxylic acids is 1. The van der Waals surface area contributed by atoms with Crippen LogP contribution in [0.4, 0.5) is 0 Å². The molecular formula is C33H39NO7. The summed E-state index contributed by atoms with van der Waals surface area (Å²) in [6.07, 6.45) is 3.98. The van der Waals surface area contributed by atoms with Gasteiger partial charge in [0.05, 0.1) is 24.5 Å². The summed E-state index contributed by atoms with van der Waals surface area (Å²) < 4.78 is 0. The number of aliphatic hydroxyl groups excluding tert-OH is 2. The fourth-order valence-electron chi connectivity index (χ4n) is 6.34. The molecule has 218 valence electrons. The number of carbonyl (C=O) groups is 3. The first-order valence-corrected chi connectivity index (χ1v) is 14.3. The average molecular weight is 562 g/mol. The summed E-state index contributed by atoms with van der Waals surface area (Å²) in [4.78, 5) is 38.6. The number of phenols is 1. The van der Waals surface area contributed by atoms with E-state index in [1.165, 1.54) is 4.90 Å². The van der Waals surface area contributed by atoms with Crippen LogP contribution in [0.25, 0.3) is 11.6 Å². The van der Waals surface area contributed by atoms with E-state index in [9.17, 15) is 29.7 Å². The molecular weight excluding hydrogens is 522 g/mol. The lowest BCUT2D eigenvalue weighted by molar-refractivity contribution is -0.141. The highest BCUT2D eigenvalue weighted by Gasteiger charge is 2.54. The molecule has 1 aliphatic heterocycles. The molecule has 1 fully saturated rings. The van der Waals surface area contributed by atoms with E-state index in [0.717, 1.165) is 22.3 Å². The van der Waals surface area contributed by atoms with Gasteiger partial charge in [0.2, 0.25) is 11.8 Å². The van der Waals surface area contributed by atoms with Crippen LogP contribution >= 0.6 is 0 Å². The highest BCUT2D eigenvalue weighted by molar-refractivity contribution is 6.05. The van der Waals surface area contributed by atoms with Crippen LogP contribution < -0.4 is 0 Å². The summed E-state index contributed by atoms with van der Waals surface area (Å²) in [5.74, 6) is -3.18. The number of rotatable bonds is 13. The fourth-order valence-corrected chi connectivity index (χ4v) is 6.34. The summed E-state index contributed by atoms with van der Waals surface area (Å²) in [6, 6.07) is 16.8. The van der Waals surface area contributed by atoms with Crippen LogP contribution in [0.2, 0.25) is 0 Å². The Morgan fingerprint density at radius 2 is 1.78 bits per heavy atom. The zero-order chi connectivity index (χ0) is 29.5. The van der Waals surface area contributed by atoms with Crippen molar-refractivity contribution in [2.45, 2.75) is 58.0 Å². The number of benzene rings is 2. The van der Waals surface area contributed by atoms with E-state index < -0.39 is 29.8 Å². The topological polar surface area (TPSA) is 135 Å². The minimum atomic E-state index is -0.905. The molecule has 1 heterocycles. The summed E-state index contributed by atoms with van der Waals surface area (Å²) in [5, 5.41) is 40.6. The van der Waals surface area contributed by atoms with E-state index in [1.54, 1.807) is 18.2 Å². The maximum Gasteiger partial charge on any atom is 0.303 e. The van der Waals surface area contributed by atoms with Crippen molar-refractivity contribution in [2.75, 3.05) is 13.2 Å². The van der Waals surface area contributed by atoms with Crippen molar-refractivity contribution >= 4 is 29.4 Å². The number of carboxylic acids is 1. The van der Waals surface area contributed by atoms with Crippen LogP contribution in [0.5, 0.6) is 5.75 Å². The standard InChI is InChI=1S/C33H39NO7/c1-21-17-26-31(33(41)34(32(26)40)16-7-3-6-13-29(38)39)27(20-35)30(21)28(37)15-14-24(23-10-4-2-5-11-23)18-22-9-8-12-25(36)19-22/h2,4-5,8-12,18-19,26-28,31,35-37H,3,6-7,13-17,20H2,1H3,(H,38,39)/b24-18-/t26-,27+,28-,31-/m1/s1. The van der Waals surface area contributed by atoms with Gasteiger partial charge in [-0.2, -0.15) is 0 Å². The smallest absolute Gasteiger partial charge is 0.303 e. The number of aliphatic hydroxyl groups is 2. The van der Waals surface area contributed by atoms with Gasteiger partial charge < -0.3 is 20.4 Å². The second-order valence-electron chi connectivity index (χ2n) is 11.1. The molecule has 4 N–H and O–H groups in total. The first-order chi connectivity index (χ1) is 19.7. The quantitative estimate of drug-likeness (QED) is 0.121. The van der Waals surface area contributed by atoms with Crippen LogP contribution in [0, 0.1) is 17.8 Å². The number of carbonyl (C=O) groups excluding carboxylic acids is 2. The monoisotopic (exact) mass is 561 g/mol. The largest absolute Gasteiger partial charge is 0.508 e. The second-order valence-corrected chi connectivity index (χ2v) is 11.1. The van der Waals surface area contributed by atoms with Crippen molar-refractivity contribution in [3.8, 4) is 5.75 Å². The van der Waals surface area contributed by atoms with E-state index in [4.69, 9.17) is 5.11 Å². The Bertz CT molecular complexity index is 1320. The molecule has 8 nitrogen and oxygen atoms in total. The molecule has 0 aromatic heterocycles. The third-order valence-electron chi connectivity index (χ3n) is 8.29. The molecule has 41 heavy (non-hydrogen) atoms. The summed E-state index contributed by atoms with van der Waals surface area (Å²) in [5.41, 5.74) is 4.28. The number of imide groups is 1. The van der Waals surface area contributed by atoms with Crippen LogP contribution in [0.3, 0.4) is 0 Å². The minimum Gasteiger partial charge on any atom is -0.508 e. The third kappa shape index (κ3) is 7.13. The van der Waals surface area contributed by atoms with Crippen LogP contribution in [0.15, 0.2) is 65.7 Å². The van der Waals surface area contributed by atoms with Gasteiger partial charge in [-0.15, -0.1) is 0 Å². The molecule has 2 aliphatic rings. The van der Waals surface area contributed by atoms with E-state index in [2.05, 4.69) is 0 Å². The van der Waals surface area contributed by atoms with Gasteiger partial charge in [-0.25, -0.2) is 0 Å². The average Bonchev–Trinajstić information content (AvgIpc) is 3.18. The molecule has 2 aromatic carbocycles. The zero-order valence-electron chi connectivity index (χ0n) is 23.4. The number of hydrogen-bond donors (Lipinski definition) is 4. The van der Waals surface area contributed by atoms with Gasteiger partial charge >= 0.3 is 5.97 Å². The molecule has 0 radical (unpaired) electrons. The normalized spacial score (nSPS) is 21.8. The number of likely N-dealkylation sites (tertiary alicyclic amines) is 1. The van der Waals surface area contributed by atoms with E-state index >= 15 is 0 Å². The number of carboxylic acid groups (broad SMARTS) is 1. The molecule has 1 aliphatic carbocycles. The van der Waals surface area contributed by atoms with Gasteiger partial charge in [0, 0.05) is 18.9 Å². The highest BCUT2D eigenvalue weighted by atomic mass is 16.4. The molecule has 2 aromatic rings. The van der Waals surface area contributed by atoms with Gasteiger partial charge in [0.1, 0.15) is 5.75 Å². The van der Waals surface area contributed by atoms with Gasteiger partial charge in [-0.1, -0.05) is 60.5 Å². The Morgan fingerprint density at radius 1 is 1.02 bits per heavy atom. The van der Waals surface area contributed by atoms with Crippen molar-refractivity contribution in [3.63, 3.8) is 0 Å². The zero-order valence-corrected chi connectivity index (χ0v) is 23.4. The number of unbranched alkanes of at least 4 members (excludes halogenated alkanes) is 2. The van der Waals surface area contributed by atoms with E-state index in [1.807, 2.05) is 49.4 Å². The van der Waals surface area contributed by atoms with Crippen molar-refractivity contribution in [1.29, 1.82) is 0 Å². The maximum atomic E-state index is 13.4. The number of nitrogens with zero attached hydrogens (tertiary/aromatic N) is 1. The molecule has 0 saturated carbocycles. The molecule has 4 rings (SSSR count). The van der Waals surface area contributed by atoms with Gasteiger partial charge in [0.15, 0.2) is 0 Å². The lowest BCUT2D eigenvalue weighted by atomic mass is 9.68. The molecule has 8 heteroatoms. The Labute approximate surface area is 240 Å². The summed E-state index contributed by atoms with van der Waals surface area (Å²) in [6.45, 7) is 1.76. The molecule has 0 bridgehead atoms. The first-order valence-electron chi connectivity index (χ1n) is 14.3. The molecule has 4 atom stereocenters. The van der Waals surface area contributed by atoms with Crippen molar-refractivity contribution in [2.24, 2.45) is 17.8 Å². The second kappa shape index (κ2) is 13.7. The lowest BCUT2D eigenvalue weighted by Crippen LogP contribution is -2.38. The fraction of sp³-hybridized carbons (Fsp3) is 0.424. The van der Waals surface area contributed by atoms with E-state index in [0.29, 0.717) is 44.1 Å². The Morgan fingerprint density at radius 3 is 2.46 bits per heavy atom. The van der Waals surface area contributed by atoms with Crippen LogP contribution in [0.1, 0.15) is 63.0 Å². The van der Waals surface area contributed by atoms with Crippen molar-refractivity contribution in [3.05, 3.63) is 76.9 Å². The number of phenolic OH excluding ortho intramolecular Hbond substituents is 1. The van der Waals surface area contributed by atoms with E-state index in [-0.39, 0.29) is 37.1 Å². The highest BCUT2D eigenvalue weighted by Crippen LogP contribution is 2.46. The third-order valence-corrected chi connectivity index (χ3v) is 8.29. The first kappa shape index (κ1) is 30.2. The Hall–Kier alpha value is -3.75. The van der Waals surface area contributed by atoms with Crippen molar-refractivity contribution in [1.82, 2.24) is 4.90 Å². The van der Waals surface area contributed by atoms with Crippen LogP contribution in [-0.2, 0) is 14.4 Å². The molecule has 1 saturated heterocycles. The maximum absolute atomic E-state index is 13.4. The minimum absolute atomic E-state index is 0.0547. The Kier molecular flexibility index (Phi) is 10.1. The SMILES string of the molecule is CC1=C([C@H](O)CC/C(=C/c2cccc(O)c2)c2ccccc2)[C@H](CO)[C@@H]2C(=O)N(CCCCCC(=O)O)C(=O)[C@@H]2C1. The van der Waals surface area contributed by atoms with Gasteiger partial charge in [-0.05, 0) is 73.4 Å². The number of amides is 2. The molecule has 0 spiro atoms. The van der Waals surface area contributed by atoms with Crippen LogP contribution in [-0.4, -0.2) is 62.4 Å². The molecule has 0 unspecified atom stereocenters. The van der Waals surface area contributed by atoms with Gasteiger partial charge in [0.25, 0.3) is 0 Å². The number of fused-ring (bicyclic) bond motifs is 1. The van der Waals surface area contributed by atoms with Crippen molar-refractivity contribution < 1.29 is 34.8 Å². The number of allylic oxidation sites excluding steroid dienone is 2.